The molecule has 1 aromatic carbocycles. The van der Waals surface area contributed by atoms with Crippen molar-refractivity contribution < 1.29 is 14.3 Å². The van der Waals surface area contributed by atoms with E-state index in [2.05, 4.69) is 27.9 Å². The maximum absolute atomic E-state index is 13.4. The summed E-state index contributed by atoms with van der Waals surface area (Å²) in [5, 5.41) is 12.0. The zero-order chi connectivity index (χ0) is 13.4. The summed E-state index contributed by atoms with van der Waals surface area (Å²) in [6.07, 6.45) is 4.25. The third kappa shape index (κ3) is 4.80. The van der Waals surface area contributed by atoms with Gasteiger partial charge in [-0.05, 0) is 29.4 Å². The van der Waals surface area contributed by atoms with E-state index in [1.165, 1.54) is 18.6 Å². The molecule has 5 heteroatoms. The van der Waals surface area contributed by atoms with Gasteiger partial charge in [0.25, 0.3) is 5.91 Å². The number of carbonyl (C=O) groups excluding carboxylic acids is 1. The number of phenols is 1. The summed E-state index contributed by atoms with van der Waals surface area (Å²) in [5.74, 6) is -1.57. The highest BCUT2D eigenvalue weighted by molar-refractivity contribution is 14.1. The van der Waals surface area contributed by atoms with Gasteiger partial charge >= 0.3 is 0 Å². The summed E-state index contributed by atoms with van der Waals surface area (Å²) < 4.78 is 14.5. The molecule has 0 aliphatic rings. The van der Waals surface area contributed by atoms with Gasteiger partial charge in [-0.2, -0.15) is 0 Å². The molecule has 2 N–H and O–H groups in total. The fraction of sp³-hybridized carbons (Fsp3) is 0.462. The second kappa shape index (κ2) is 8.29. The van der Waals surface area contributed by atoms with Crippen LogP contribution in [-0.2, 0) is 0 Å². The summed E-state index contributed by atoms with van der Waals surface area (Å²) >= 11 is 2.33. The quantitative estimate of drug-likeness (QED) is 0.443. The second-order valence-corrected chi connectivity index (χ2v) is 5.07. The van der Waals surface area contributed by atoms with Crippen LogP contribution in [0, 0.1) is 5.82 Å². The van der Waals surface area contributed by atoms with Crippen LogP contribution < -0.4 is 5.32 Å². The van der Waals surface area contributed by atoms with Crippen LogP contribution in [0.15, 0.2) is 18.2 Å². The molecule has 18 heavy (non-hydrogen) atoms. The number of benzene rings is 1. The first-order valence-corrected chi connectivity index (χ1v) is 7.51. The molecule has 0 radical (unpaired) electrons. The Hall–Kier alpha value is -0.850. The topological polar surface area (TPSA) is 49.3 Å². The van der Waals surface area contributed by atoms with E-state index in [9.17, 15) is 14.3 Å². The molecule has 100 valence electrons. The molecular formula is C13H17FINO2. The van der Waals surface area contributed by atoms with Crippen LogP contribution >= 0.6 is 22.6 Å². The number of phenolic OH excluding ortho intramolecular Hbond substituents is 1. The maximum Gasteiger partial charge on any atom is 0.258 e. The van der Waals surface area contributed by atoms with Crippen molar-refractivity contribution >= 4 is 28.5 Å². The highest BCUT2D eigenvalue weighted by Crippen LogP contribution is 2.19. The first-order valence-electron chi connectivity index (χ1n) is 5.98. The monoisotopic (exact) mass is 365 g/mol. The van der Waals surface area contributed by atoms with Gasteiger partial charge in [0.15, 0.2) is 0 Å². The average molecular weight is 365 g/mol. The molecule has 0 bridgehead atoms. The predicted molar refractivity (Wildman–Crippen MR) is 77.8 cm³/mol. The summed E-state index contributed by atoms with van der Waals surface area (Å²) in [6, 6.07) is 3.83. The SMILES string of the molecule is O=C(NCCCCCCI)c1c(O)cccc1F. The molecule has 0 atom stereocenters. The van der Waals surface area contributed by atoms with Gasteiger partial charge in [-0.1, -0.05) is 41.5 Å². The fourth-order valence-electron chi connectivity index (χ4n) is 1.60. The van der Waals surface area contributed by atoms with Gasteiger partial charge in [-0.15, -0.1) is 0 Å². The standard InChI is InChI=1S/C13H17FINO2/c14-10-6-5-7-11(17)12(10)13(18)16-9-4-2-1-3-8-15/h5-7,17H,1-4,8-9H2,(H,16,18). The molecule has 0 aliphatic carbocycles. The Labute approximate surface area is 120 Å². The van der Waals surface area contributed by atoms with Crippen LogP contribution in [0.4, 0.5) is 4.39 Å². The molecule has 0 aromatic heterocycles. The lowest BCUT2D eigenvalue weighted by Crippen LogP contribution is -2.25. The van der Waals surface area contributed by atoms with E-state index in [0.717, 1.165) is 29.8 Å². The van der Waals surface area contributed by atoms with Gasteiger partial charge in [-0.25, -0.2) is 4.39 Å². The van der Waals surface area contributed by atoms with Crippen LogP contribution in [-0.4, -0.2) is 22.0 Å². The molecule has 3 nitrogen and oxygen atoms in total. The zero-order valence-electron chi connectivity index (χ0n) is 10.1. The molecule has 1 rings (SSSR count). The van der Waals surface area contributed by atoms with Crippen LogP contribution in [0.2, 0.25) is 0 Å². The lowest BCUT2D eigenvalue weighted by Gasteiger charge is -2.07. The number of halogens is 2. The third-order valence-electron chi connectivity index (χ3n) is 2.56. The van der Waals surface area contributed by atoms with Crippen LogP contribution in [0.3, 0.4) is 0 Å². The first kappa shape index (κ1) is 15.2. The number of unbranched alkanes of at least 4 members (excludes halogenated alkanes) is 3. The van der Waals surface area contributed by atoms with E-state index < -0.39 is 11.7 Å². The van der Waals surface area contributed by atoms with E-state index in [-0.39, 0.29) is 11.3 Å². The summed E-state index contributed by atoms with van der Waals surface area (Å²) in [5.41, 5.74) is -0.273. The van der Waals surface area contributed by atoms with Crippen molar-refractivity contribution in [2.24, 2.45) is 0 Å². The van der Waals surface area contributed by atoms with Gasteiger partial charge in [0.05, 0.1) is 0 Å². The van der Waals surface area contributed by atoms with Crippen molar-refractivity contribution in [1.82, 2.24) is 5.32 Å². The molecule has 0 saturated carbocycles. The molecule has 0 fully saturated rings. The Kier molecular flexibility index (Phi) is 7.00. The number of carbonyl (C=O) groups is 1. The van der Waals surface area contributed by atoms with Gasteiger partial charge in [0.1, 0.15) is 17.1 Å². The smallest absolute Gasteiger partial charge is 0.258 e. The van der Waals surface area contributed by atoms with E-state index >= 15 is 0 Å². The number of hydrogen-bond acceptors (Lipinski definition) is 2. The molecule has 1 amide bonds. The van der Waals surface area contributed by atoms with Crippen molar-refractivity contribution in [2.45, 2.75) is 25.7 Å². The molecule has 0 spiro atoms. The van der Waals surface area contributed by atoms with Gasteiger partial charge in [0.2, 0.25) is 0 Å². The number of amides is 1. The lowest BCUT2D eigenvalue weighted by molar-refractivity contribution is 0.0946. The van der Waals surface area contributed by atoms with Gasteiger partial charge in [0, 0.05) is 6.54 Å². The minimum absolute atomic E-state index is 0.273. The maximum atomic E-state index is 13.4. The van der Waals surface area contributed by atoms with Crippen molar-refractivity contribution in [2.75, 3.05) is 11.0 Å². The summed E-state index contributed by atoms with van der Waals surface area (Å²) in [6.45, 7) is 0.508. The van der Waals surface area contributed by atoms with Crippen molar-refractivity contribution in [3.63, 3.8) is 0 Å². The molecule has 0 heterocycles. The van der Waals surface area contributed by atoms with Gasteiger partial charge < -0.3 is 10.4 Å². The number of aromatic hydroxyl groups is 1. The molecule has 1 aromatic rings. The van der Waals surface area contributed by atoms with Crippen molar-refractivity contribution in [3.05, 3.63) is 29.6 Å². The summed E-state index contributed by atoms with van der Waals surface area (Å²) in [7, 11) is 0. The second-order valence-electron chi connectivity index (χ2n) is 3.99. The Morgan fingerprint density at radius 3 is 2.67 bits per heavy atom. The van der Waals surface area contributed by atoms with Gasteiger partial charge in [-0.3, -0.25) is 4.79 Å². The molecular weight excluding hydrogens is 348 g/mol. The minimum atomic E-state index is -0.697. The van der Waals surface area contributed by atoms with Crippen LogP contribution in [0.25, 0.3) is 0 Å². The predicted octanol–water partition coefficient (Wildman–Crippen LogP) is 3.26. The molecule has 0 unspecified atom stereocenters. The van der Waals surface area contributed by atoms with Crippen molar-refractivity contribution in [3.8, 4) is 5.75 Å². The number of nitrogens with one attached hydrogen (secondary N) is 1. The zero-order valence-corrected chi connectivity index (χ0v) is 12.2. The lowest BCUT2D eigenvalue weighted by atomic mass is 10.1. The van der Waals surface area contributed by atoms with Crippen LogP contribution in [0.1, 0.15) is 36.0 Å². The van der Waals surface area contributed by atoms with E-state index in [1.807, 2.05) is 0 Å². The number of hydrogen-bond donors (Lipinski definition) is 2. The Morgan fingerprint density at radius 2 is 2.00 bits per heavy atom. The Bertz CT molecular complexity index is 378. The number of alkyl halides is 1. The first-order chi connectivity index (χ1) is 8.66. The Balaban J connectivity index is 2.37. The summed E-state index contributed by atoms with van der Waals surface area (Å²) in [4.78, 5) is 11.7. The highest BCUT2D eigenvalue weighted by atomic mass is 127. The fourth-order valence-corrected chi connectivity index (χ4v) is 2.14. The normalized spacial score (nSPS) is 10.3. The Morgan fingerprint density at radius 1 is 1.28 bits per heavy atom. The van der Waals surface area contributed by atoms with Crippen LogP contribution in [0.5, 0.6) is 5.75 Å². The van der Waals surface area contributed by atoms with E-state index in [4.69, 9.17) is 0 Å². The molecule has 0 saturated heterocycles. The third-order valence-corrected chi connectivity index (χ3v) is 3.33. The van der Waals surface area contributed by atoms with E-state index in [0.29, 0.717) is 6.54 Å². The van der Waals surface area contributed by atoms with E-state index in [1.54, 1.807) is 0 Å². The highest BCUT2D eigenvalue weighted by Gasteiger charge is 2.15. The van der Waals surface area contributed by atoms with Crippen molar-refractivity contribution in [1.29, 1.82) is 0 Å². The number of rotatable bonds is 7. The average Bonchev–Trinajstić information content (AvgIpc) is 2.33. The molecule has 0 aliphatic heterocycles. The minimum Gasteiger partial charge on any atom is -0.507 e. The largest absolute Gasteiger partial charge is 0.507 e.